The standard InChI is InChI=1S/C14H9F13OS/c15-9(16,8(28)6-29-7-4-2-1-3-5-7)10(17,18)11(19,20)12(21,22)13(23,24)14(25,26)27/h1-5,8,28H,6H2. The molecule has 1 aromatic rings. The largest absolute Gasteiger partial charge is 0.460 e. The number of alkyl halides is 13. The molecule has 0 aliphatic heterocycles. The number of thioether (sulfide) groups is 1. The van der Waals surface area contributed by atoms with Crippen LogP contribution in [0.5, 0.6) is 0 Å². The van der Waals surface area contributed by atoms with Crippen LogP contribution in [0.3, 0.4) is 0 Å². The second-order valence-corrected chi connectivity index (χ2v) is 6.65. The van der Waals surface area contributed by atoms with E-state index in [4.69, 9.17) is 5.11 Å². The first-order valence-corrected chi connectivity index (χ1v) is 8.05. The van der Waals surface area contributed by atoms with Crippen molar-refractivity contribution in [3.63, 3.8) is 0 Å². The van der Waals surface area contributed by atoms with Gasteiger partial charge in [0.2, 0.25) is 0 Å². The fourth-order valence-corrected chi connectivity index (χ4v) is 2.70. The Hall–Kier alpha value is -1.38. The summed E-state index contributed by atoms with van der Waals surface area (Å²) in [6.45, 7) is 0. The number of hydrogen-bond acceptors (Lipinski definition) is 2. The van der Waals surface area contributed by atoms with Gasteiger partial charge in [0.15, 0.2) is 0 Å². The second kappa shape index (κ2) is 7.71. The van der Waals surface area contributed by atoms with Crippen molar-refractivity contribution in [2.45, 2.75) is 46.8 Å². The van der Waals surface area contributed by atoms with E-state index in [1.165, 1.54) is 30.3 Å². The second-order valence-electron chi connectivity index (χ2n) is 5.56. The Morgan fingerprint density at radius 2 is 1.07 bits per heavy atom. The maximum absolute atomic E-state index is 13.7. The van der Waals surface area contributed by atoms with Crippen molar-refractivity contribution in [2.24, 2.45) is 0 Å². The highest BCUT2D eigenvalue weighted by Gasteiger charge is 2.91. The zero-order valence-corrected chi connectivity index (χ0v) is 14.3. The summed E-state index contributed by atoms with van der Waals surface area (Å²) in [5.74, 6) is -39.2. The van der Waals surface area contributed by atoms with Crippen molar-refractivity contribution in [3.05, 3.63) is 30.3 Å². The van der Waals surface area contributed by atoms with Crippen molar-refractivity contribution in [3.8, 4) is 0 Å². The van der Waals surface area contributed by atoms with Gasteiger partial charge in [-0.25, -0.2) is 0 Å². The van der Waals surface area contributed by atoms with E-state index in [9.17, 15) is 57.1 Å². The van der Waals surface area contributed by atoms with Crippen LogP contribution in [0.2, 0.25) is 0 Å². The molecule has 1 nitrogen and oxygen atoms in total. The molecule has 1 rings (SSSR count). The summed E-state index contributed by atoms with van der Waals surface area (Å²) in [6.07, 6.45) is -11.3. The molecule has 0 saturated heterocycles. The Bertz CT molecular complexity index is 687. The average Bonchev–Trinajstić information content (AvgIpc) is 2.58. The third-order valence-corrected chi connectivity index (χ3v) is 4.62. The molecule has 0 fully saturated rings. The van der Waals surface area contributed by atoms with Crippen LogP contribution in [0.4, 0.5) is 57.1 Å². The third kappa shape index (κ3) is 4.11. The van der Waals surface area contributed by atoms with E-state index >= 15 is 0 Å². The molecule has 0 radical (unpaired) electrons. The summed E-state index contributed by atoms with van der Waals surface area (Å²) in [5, 5.41) is 9.13. The van der Waals surface area contributed by atoms with Crippen LogP contribution in [0.25, 0.3) is 0 Å². The molecule has 1 aromatic carbocycles. The highest BCUT2D eigenvalue weighted by molar-refractivity contribution is 7.99. The molecule has 0 spiro atoms. The van der Waals surface area contributed by atoms with E-state index in [0.717, 1.165) is 0 Å². The van der Waals surface area contributed by atoms with Crippen LogP contribution in [-0.2, 0) is 0 Å². The van der Waals surface area contributed by atoms with E-state index in [1.54, 1.807) is 0 Å². The van der Waals surface area contributed by atoms with Crippen molar-refractivity contribution in [1.29, 1.82) is 0 Å². The molecule has 0 aliphatic carbocycles. The maximum Gasteiger partial charge on any atom is 0.460 e. The Morgan fingerprint density at radius 1 is 0.655 bits per heavy atom. The van der Waals surface area contributed by atoms with Crippen molar-refractivity contribution >= 4 is 11.8 Å². The minimum Gasteiger partial charge on any atom is -0.386 e. The Morgan fingerprint density at radius 3 is 1.48 bits per heavy atom. The number of aliphatic hydroxyl groups excluding tert-OH is 1. The fraction of sp³-hybridized carbons (Fsp3) is 0.571. The summed E-state index contributed by atoms with van der Waals surface area (Å²) in [5.41, 5.74) is 0. The normalized spacial score (nSPS) is 16.1. The first kappa shape index (κ1) is 25.7. The lowest BCUT2D eigenvalue weighted by molar-refractivity contribution is -0.443. The molecule has 29 heavy (non-hydrogen) atoms. The van der Waals surface area contributed by atoms with Gasteiger partial charge >= 0.3 is 35.8 Å². The summed E-state index contributed by atoms with van der Waals surface area (Å²) < 4.78 is 169. The molecular formula is C14H9F13OS. The van der Waals surface area contributed by atoms with Crippen molar-refractivity contribution in [2.75, 3.05) is 5.75 Å². The maximum atomic E-state index is 13.7. The first-order chi connectivity index (χ1) is 12.7. The van der Waals surface area contributed by atoms with E-state index in [0.29, 0.717) is 0 Å². The van der Waals surface area contributed by atoms with Crippen LogP contribution in [0.1, 0.15) is 0 Å². The molecule has 0 aromatic heterocycles. The van der Waals surface area contributed by atoms with Gasteiger partial charge in [-0.1, -0.05) is 18.2 Å². The molecule has 0 heterocycles. The lowest BCUT2D eigenvalue weighted by Gasteiger charge is -2.40. The van der Waals surface area contributed by atoms with Crippen LogP contribution < -0.4 is 0 Å². The number of aliphatic hydroxyl groups is 1. The molecule has 0 aliphatic rings. The van der Waals surface area contributed by atoms with Crippen LogP contribution in [0.15, 0.2) is 35.2 Å². The van der Waals surface area contributed by atoms with Gasteiger partial charge in [-0.3, -0.25) is 0 Å². The predicted molar refractivity (Wildman–Crippen MR) is 74.0 cm³/mol. The Labute approximate surface area is 157 Å². The molecule has 1 unspecified atom stereocenters. The number of rotatable bonds is 8. The average molecular weight is 472 g/mol. The van der Waals surface area contributed by atoms with E-state index in [-0.39, 0.29) is 16.7 Å². The summed E-state index contributed by atoms with van der Waals surface area (Å²) >= 11 is 0.176. The van der Waals surface area contributed by atoms with Gasteiger partial charge < -0.3 is 5.11 Å². The quantitative estimate of drug-likeness (QED) is 0.377. The summed E-state index contributed by atoms with van der Waals surface area (Å²) in [4.78, 5) is 0.0337. The summed E-state index contributed by atoms with van der Waals surface area (Å²) in [6, 6.07) is 6.44. The number of benzene rings is 1. The van der Waals surface area contributed by atoms with Crippen LogP contribution >= 0.6 is 11.8 Å². The van der Waals surface area contributed by atoms with Crippen molar-refractivity contribution in [1.82, 2.24) is 0 Å². The minimum absolute atomic E-state index is 0.0337. The molecule has 0 saturated carbocycles. The van der Waals surface area contributed by atoms with Gasteiger partial charge in [-0.15, -0.1) is 11.8 Å². The lowest BCUT2D eigenvalue weighted by atomic mass is 9.92. The van der Waals surface area contributed by atoms with Gasteiger partial charge in [0.05, 0.1) is 0 Å². The third-order valence-electron chi connectivity index (χ3n) is 3.53. The zero-order chi connectivity index (χ0) is 23.1. The Kier molecular flexibility index (Phi) is 6.82. The van der Waals surface area contributed by atoms with E-state index in [1.807, 2.05) is 0 Å². The Balaban J connectivity index is 3.23. The SMILES string of the molecule is OC(CSc1ccccc1)C(F)(F)C(F)(F)C(F)(F)C(F)(F)C(F)(F)C(F)(F)F. The molecule has 1 atom stereocenters. The van der Waals surface area contributed by atoms with Crippen LogP contribution in [-0.4, -0.2) is 52.8 Å². The van der Waals surface area contributed by atoms with E-state index < -0.39 is 47.6 Å². The topological polar surface area (TPSA) is 20.2 Å². The van der Waals surface area contributed by atoms with Gasteiger partial charge in [0, 0.05) is 10.6 Å². The lowest BCUT2D eigenvalue weighted by Crippen LogP contribution is -2.71. The first-order valence-electron chi connectivity index (χ1n) is 7.07. The summed E-state index contributed by atoms with van der Waals surface area (Å²) in [7, 11) is 0. The molecule has 1 N–H and O–H groups in total. The molecule has 15 heteroatoms. The zero-order valence-electron chi connectivity index (χ0n) is 13.4. The predicted octanol–water partition coefficient (Wildman–Crippen LogP) is 5.88. The highest BCUT2D eigenvalue weighted by atomic mass is 32.2. The number of halogens is 13. The fourth-order valence-electron chi connectivity index (χ4n) is 1.79. The highest BCUT2D eigenvalue weighted by Crippen LogP contribution is 2.60. The van der Waals surface area contributed by atoms with Gasteiger partial charge in [0.1, 0.15) is 6.10 Å². The smallest absolute Gasteiger partial charge is 0.386 e. The number of hydrogen-bond donors (Lipinski definition) is 1. The van der Waals surface area contributed by atoms with Gasteiger partial charge in [0.25, 0.3) is 0 Å². The monoisotopic (exact) mass is 472 g/mol. The molecule has 0 amide bonds. The minimum atomic E-state index is -7.97. The van der Waals surface area contributed by atoms with Crippen molar-refractivity contribution < 1.29 is 62.2 Å². The van der Waals surface area contributed by atoms with Crippen LogP contribution in [0, 0.1) is 0 Å². The molecule has 168 valence electrons. The van der Waals surface area contributed by atoms with Gasteiger partial charge in [-0.05, 0) is 12.1 Å². The molecule has 0 bridgehead atoms. The molecular weight excluding hydrogens is 463 g/mol. The van der Waals surface area contributed by atoms with E-state index in [2.05, 4.69) is 0 Å². The van der Waals surface area contributed by atoms with Gasteiger partial charge in [-0.2, -0.15) is 57.1 Å².